The highest BCUT2D eigenvalue weighted by molar-refractivity contribution is 5.46. The lowest BCUT2D eigenvalue weighted by Gasteiger charge is -2.47. The summed E-state index contributed by atoms with van der Waals surface area (Å²) in [6, 6.07) is 7.44. The van der Waals surface area contributed by atoms with Crippen LogP contribution in [0, 0.1) is 5.92 Å². The molecule has 2 heteroatoms. The van der Waals surface area contributed by atoms with Crippen LogP contribution in [0.2, 0.25) is 0 Å². The summed E-state index contributed by atoms with van der Waals surface area (Å²) in [6.07, 6.45) is 3.07. The minimum Gasteiger partial charge on any atom is -0.488 e. The van der Waals surface area contributed by atoms with E-state index >= 15 is 0 Å². The maximum atomic E-state index is 6.34. The third kappa shape index (κ3) is 1.66. The molecule has 5 rings (SSSR count). The second kappa shape index (κ2) is 3.76. The van der Waals surface area contributed by atoms with Gasteiger partial charge in [0.2, 0.25) is 0 Å². The molecule has 4 aliphatic rings. The van der Waals surface area contributed by atoms with E-state index in [1.807, 2.05) is 0 Å². The first-order chi connectivity index (χ1) is 9.04. The minimum atomic E-state index is 0.200. The van der Waals surface area contributed by atoms with Crippen LogP contribution >= 0.6 is 0 Å². The van der Waals surface area contributed by atoms with Gasteiger partial charge in [0.05, 0.1) is 6.04 Å². The van der Waals surface area contributed by atoms with Gasteiger partial charge in [-0.3, -0.25) is 4.90 Å². The van der Waals surface area contributed by atoms with E-state index in [-0.39, 0.29) is 5.41 Å². The Morgan fingerprint density at radius 1 is 1.16 bits per heavy atom. The molecule has 0 amide bonds. The van der Waals surface area contributed by atoms with Crippen molar-refractivity contribution in [1.82, 2.24) is 4.90 Å². The van der Waals surface area contributed by atoms with E-state index in [0.29, 0.717) is 12.1 Å². The van der Waals surface area contributed by atoms with Crippen LogP contribution < -0.4 is 4.74 Å². The molecule has 3 saturated heterocycles. The molecular formula is C17H23NO. The van der Waals surface area contributed by atoms with E-state index in [1.165, 1.54) is 37.1 Å². The number of nitrogens with zero attached hydrogens (tertiary/aromatic N) is 1. The molecule has 0 aromatic heterocycles. The number of hydrogen-bond donors (Lipinski definition) is 0. The zero-order valence-corrected chi connectivity index (χ0v) is 12.1. The predicted molar refractivity (Wildman–Crippen MR) is 76.6 cm³/mol. The van der Waals surface area contributed by atoms with Crippen molar-refractivity contribution < 1.29 is 4.74 Å². The Kier molecular flexibility index (Phi) is 2.33. The normalized spacial score (nSPS) is 35.7. The highest BCUT2D eigenvalue weighted by Crippen LogP contribution is 2.50. The van der Waals surface area contributed by atoms with Crippen molar-refractivity contribution in [3.8, 4) is 5.75 Å². The lowest BCUT2D eigenvalue weighted by molar-refractivity contribution is -0.0394. The van der Waals surface area contributed by atoms with Crippen molar-refractivity contribution in [2.75, 3.05) is 13.1 Å². The first kappa shape index (κ1) is 11.8. The third-order valence-corrected chi connectivity index (χ3v) is 5.20. The molecule has 0 N–H and O–H groups in total. The summed E-state index contributed by atoms with van der Waals surface area (Å²) in [4.78, 5) is 2.63. The van der Waals surface area contributed by atoms with Gasteiger partial charge >= 0.3 is 0 Å². The second-order valence-corrected chi connectivity index (χ2v) is 7.40. The van der Waals surface area contributed by atoms with Gasteiger partial charge in [-0.15, -0.1) is 0 Å². The van der Waals surface area contributed by atoms with Gasteiger partial charge in [-0.05, 0) is 43.0 Å². The molecule has 19 heavy (non-hydrogen) atoms. The highest BCUT2D eigenvalue weighted by Gasteiger charge is 2.49. The molecule has 1 aromatic rings. The molecule has 1 aromatic carbocycles. The summed E-state index contributed by atoms with van der Waals surface area (Å²) >= 11 is 0. The summed E-state index contributed by atoms with van der Waals surface area (Å²) in [6.45, 7) is 9.32. The van der Waals surface area contributed by atoms with Crippen molar-refractivity contribution in [2.45, 2.75) is 51.2 Å². The molecule has 102 valence electrons. The first-order valence-corrected chi connectivity index (χ1v) is 7.59. The van der Waals surface area contributed by atoms with Crippen molar-refractivity contribution >= 4 is 0 Å². The number of hydrogen-bond acceptors (Lipinski definition) is 2. The van der Waals surface area contributed by atoms with Gasteiger partial charge < -0.3 is 4.74 Å². The average molecular weight is 257 g/mol. The Morgan fingerprint density at radius 2 is 1.89 bits per heavy atom. The van der Waals surface area contributed by atoms with Crippen LogP contribution in [0.1, 0.15) is 50.8 Å². The Labute approximate surface area is 115 Å². The number of benzene rings is 1. The fraction of sp³-hybridized carbons (Fsp3) is 0.647. The molecule has 3 fully saturated rings. The van der Waals surface area contributed by atoms with Crippen LogP contribution in [0.4, 0.5) is 0 Å². The first-order valence-electron chi connectivity index (χ1n) is 7.59. The van der Waals surface area contributed by atoms with Gasteiger partial charge in [-0.2, -0.15) is 0 Å². The molecule has 0 spiro atoms. The van der Waals surface area contributed by atoms with Crippen LogP contribution in [-0.4, -0.2) is 24.1 Å². The molecule has 4 heterocycles. The quantitative estimate of drug-likeness (QED) is 0.705. The van der Waals surface area contributed by atoms with Crippen LogP contribution in [0.5, 0.6) is 5.75 Å². The summed E-state index contributed by atoms with van der Waals surface area (Å²) in [5, 5.41) is 0. The van der Waals surface area contributed by atoms with E-state index in [4.69, 9.17) is 4.74 Å². The zero-order chi connectivity index (χ0) is 13.2. The number of ether oxygens (including phenoxy) is 1. The van der Waals surface area contributed by atoms with Crippen LogP contribution in [0.25, 0.3) is 0 Å². The van der Waals surface area contributed by atoms with E-state index in [2.05, 4.69) is 43.9 Å². The SMILES string of the molecule is CC(C)(C)c1ccc2c(c1)OC1C3CCN(CC3)C21. The molecule has 2 nitrogen and oxygen atoms in total. The van der Waals surface area contributed by atoms with Crippen LogP contribution in [0.3, 0.4) is 0 Å². The Bertz CT molecular complexity index is 508. The second-order valence-electron chi connectivity index (χ2n) is 7.40. The largest absolute Gasteiger partial charge is 0.488 e. The Morgan fingerprint density at radius 3 is 2.58 bits per heavy atom. The standard InChI is InChI=1S/C17H23NO/c1-17(2,3)12-4-5-13-14(10-12)19-16-11-6-8-18(9-7-11)15(13)16/h4-5,10-11,15-16H,6-9H2,1-3H3. The van der Waals surface area contributed by atoms with E-state index < -0.39 is 0 Å². The molecule has 0 aliphatic carbocycles. The van der Waals surface area contributed by atoms with Gasteiger partial charge in [0.25, 0.3) is 0 Å². The lowest BCUT2D eigenvalue weighted by atomic mass is 9.79. The van der Waals surface area contributed by atoms with Crippen molar-refractivity contribution in [2.24, 2.45) is 5.92 Å². The number of fused-ring (bicyclic) bond motifs is 3. The van der Waals surface area contributed by atoms with Crippen molar-refractivity contribution in [3.63, 3.8) is 0 Å². The molecule has 2 bridgehead atoms. The Balaban J connectivity index is 1.75. The molecule has 2 unspecified atom stereocenters. The summed E-state index contributed by atoms with van der Waals surface area (Å²) in [5.41, 5.74) is 3.01. The molecule has 4 aliphatic heterocycles. The van der Waals surface area contributed by atoms with E-state index in [0.717, 1.165) is 11.7 Å². The van der Waals surface area contributed by atoms with E-state index in [9.17, 15) is 0 Å². The van der Waals surface area contributed by atoms with Crippen LogP contribution in [-0.2, 0) is 5.41 Å². The molecule has 0 radical (unpaired) electrons. The van der Waals surface area contributed by atoms with Gasteiger partial charge in [0.15, 0.2) is 0 Å². The fourth-order valence-electron chi connectivity index (χ4n) is 4.02. The molecular weight excluding hydrogens is 234 g/mol. The highest BCUT2D eigenvalue weighted by atomic mass is 16.5. The zero-order valence-electron chi connectivity index (χ0n) is 12.1. The smallest absolute Gasteiger partial charge is 0.125 e. The van der Waals surface area contributed by atoms with Gasteiger partial charge in [-0.1, -0.05) is 32.9 Å². The van der Waals surface area contributed by atoms with E-state index in [1.54, 1.807) is 0 Å². The molecule has 0 saturated carbocycles. The minimum absolute atomic E-state index is 0.200. The fourth-order valence-corrected chi connectivity index (χ4v) is 4.02. The third-order valence-electron chi connectivity index (χ3n) is 5.20. The summed E-state index contributed by atoms with van der Waals surface area (Å²) in [7, 11) is 0. The number of rotatable bonds is 0. The number of piperidine rings is 3. The van der Waals surface area contributed by atoms with Crippen molar-refractivity contribution in [3.05, 3.63) is 29.3 Å². The van der Waals surface area contributed by atoms with Gasteiger partial charge in [0.1, 0.15) is 11.9 Å². The predicted octanol–water partition coefficient (Wildman–Crippen LogP) is 3.51. The molecule has 2 atom stereocenters. The summed E-state index contributed by atoms with van der Waals surface area (Å²) in [5.74, 6) is 1.93. The van der Waals surface area contributed by atoms with Gasteiger partial charge in [0, 0.05) is 11.5 Å². The average Bonchev–Trinajstić information content (AvgIpc) is 2.79. The maximum absolute atomic E-state index is 6.34. The van der Waals surface area contributed by atoms with Crippen LogP contribution in [0.15, 0.2) is 18.2 Å². The topological polar surface area (TPSA) is 12.5 Å². The Hall–Kier alpha value is -1.02. The summed E-state index contributed by atoms with van der Waals surface area (Å²) < 4.78 is 6.34. The van der Waals surface area contributed by atoms with Crippen molar-refractivity contribution in [1.29, 1.82) is 0 Å². The maximum Gasteiger partial charge on any atom is 0.125 e. The monoisotopic (exact) mass is 257 g/mol. The lowest BCUT2D eigenvalue weighted by Crippen LogP contribution is -2.52. The van der Waals surface area contributed by atoms with Gasteiger partial charge in [-0.25, -0.2) is 0 Å².